The van der Waals surface area contributed by atoms with Crippen LogP contribution < -0.4 is 0 Å². The molecule has 2 aliphatic heterocycles. The van der Waals surface area contributed by atoms with Gasteiger partial charge < -0.3 is 4.74 Å². The number of aromatic nitrogens is 2. The monoisotopic (exact) mass is 375 g/mol. The number of fused-ring (bicyclic) bond motifs is 1. The minimum Gasteiger partial charge on any atom is -0.379 e. The highest BCUT2D eigenvalue weighted by Crippen LogP contribution is 2.45. The van der Waals surface area contributed by atoms with E-state index in [0.29, 0.717) is 0 Å². The molecule has 28 heavy (non-hydrogen) atoms. The Labute approximate surface area is 165 Å². The van der Waals surface area contributed by atoms with Gasteiger partial charge in [-0.2, -0.15) is 10.2 Å². The largest absolute Gasteiger partial charge is 0.379 e. The third kappa shape index (κ3) is 2.88. The Balaban J connectivity index is 1.68. The molecule has 2 aromatic rings. The normalized spacial score (nSPS) is 28.2. The Morgan fingerprint density at radius 1 is 0.893 bits per heavy atom. The number of morpholine rings is 1. The van der Waals surface area contributed by atoms with Crippen molar-refractivity contribution < 1.29 is 4.74 Å². The number of ether oxygens (including phenoxy) is 1. The standard InChI is InChI=1S/C22H25N5O/c1-4-10-22(27-13-15-28-16-14-27)17(7-1)20(18-8-2-5-11-23-18)25-26-21(22)19-9-3-6-12-24-19/h2-3,5-6,8-9,11-12,17H,1,4,7,10,13-16H2/t17-,22+/m1/s1. The van der Waals surface area contributed by atoms with E-state index in [4.69, 9.17) is 14.9 Å². The van der Waals surface area contributed by atoms with E-state index in [1.807, 2.05) is 36.7 Å². The maximum absolute atomic E-state index is 5.68. The third-order valence-corrected chi connectivity index (χ3v) is 6.29. The van der Waals surface area contributed by atoms with Crippen molar-refractivity contribution in [1.29, 1.82) is 0 Å². The molecule has 0 N–H and O–H groups in total. The molecule has 2 aromatic heterocycles. The van der Waals surface area contributed by atoms with Gasteiger partial charge in [-0.05, 0) is 37.1 Å². The van der Waals surface area contributed by atoms with Crippen molar-refractivity contribution in [1.82, 2.24) is 14.9 Å². The first kappa shape index (κ1) is 17.6. The molecular formula is C22H25N5O. The van der Waals surface area contributed by atoms with Gasteiger partial charge in [0.05, 0.1) is 35.9 Å². The average Bonchev–Trinajstić information content (AvgIpc) is 2.80. The van der Waals surface area contributed by atoms with Gasteiger partial charge in [-0.3, -0.25) is 14.9 Å². The van der Waals surface area contributed by atoms with Gasteiger partial charge in [-0.25, -0.2) is 0 Å². The van der Waals surface area contributed by atoms with E-state index in [1.165, 1.54) is 12.8 Å². The second-order valence-electron chi connectivity index (χ2n) is 7.69. The molecule has 2 fully saturated rings. The third-order valence-electron chi connectivity index (χ3n) is 6.29. The van der Waals surface area contributed by atoms with Crippen LogP contribution in [0.25, 0.3) is 0 Å². The van der Waals surface area contributed by atoms with Crippen molar-refractivity contribution in [2.24, 2.45) is 16.1 Å². The second kappa shape index (κ2) is 7.53. The molecule has 0 spiro atoms. The molecule has 6 nitrogen and oxygen atoms in total. The zero-order valence-corrected chi connectivity index (χ0v) is 16.0. The predicted molar refractivity (Wildman–Crippen MR) is 109 cm³/mol. The van der Waals surface area contributed by atoms with Crippen molar-refractivity contribution in [2.75, 3.05) is 26.3 Å². The molecule has 0 aromatic carbocycles. The fourth-order valence-corrected chi connectivity index (χ4v) is 5.07. The van der Waals surface area contributed by atoms with E-state index in [-0.39, 0.29) is 11.5 Å². The first-order valence-electron chi connectivity index (χ1n) is 10.2. The van der Waals surface area contributed by atoms with Gasteiger partial charge >= 0.3 is 0 Å². The SMILES string of the molecule is c1ccc(C2=NN=C(c3ccccn3)[C@]3(N4CCOCC4)CCCC[C@H]23)nc1. The maximum Gasteiger partial charge on any atom is 0.110 e. The average molecular weight is 375 g/mol. The molecule has 4 heterocycles. The first-order chi connectivity index (χ1) is 13.9. The lowest BCUT2D eigenvalue weighted by molar-refractivity contribution is -0.0206. The topological polar surface area (TPSA) is 63.0 Å². The van der Waals surface area contributed by atoms with Crippen LogP contribution >= 0.6 is 0 Å². The van der Waals surface area contributed by atoms with Crippen molar-refractivity contribution >= 4 is 11.4 Å². The summed E-state index contributed by atoms with van der Waals surface area (Å²) in [6.07, 6.45) is 8.25. The summed E-state index contributed by atoms with van der Waals surface area (Å²) >= 11 is 0. The molecule has 0 radical (unpaired) electrons. The lowest BCUT2D eigenvalue weighted by atomic mass is 9.65. The number of hydrogen-bond acceptors (Lipinski definition) is 6. The maximum atomic E-state index is 5.68. The van der Waals surface area contributed by atoms with Crippen LogP contribution in [-0.2, 0) is 4.74 Å². The van der Waals surface area contributed by atoms with E-state index in [2.05, 4.69) is 27.0 Å². The van der Waals surface area contributed by atoms with E-state index < -0.39 is 0 Å². The number of rotatable bonds is 3. The summed E-state index contributed by atoms with van der Waals surface area (Å²) in [5.74, 6) is 0.267. The summed E-state index contributed by atoms with van der Waals surface area (Å²) in [5.41, 5.74) is 3.72. The summed E-state index contributed by atoms with van der Waals surface area (Å²) in [6, 6.07) is 12.1. The molecular weight excluding hydrogens is 350 g/mol. The Kier molecular flexibility index (Phi) is 4.74. The molecule has 2 atom stereocenters. The van der Waals surface area contributed by atoms with Gasteiger partial charge in [-0.1, -0.05) is 25.0 Å². The fraction of sp³-hybridized carbons (Fsp3) is 0.455. The molecule has 0 bridgehead atoms. The first-order valence-corrected chi connectivity index (χ1v) is 10.2. The van der Waals surface area contributed by atoms with Crippen LogP contribution in [-0.4, -0.2) is 58.1 Å². The highest BCUT2D eigenvalue weighted by atomic mass is 16.5. The van der Waals surface area contributed by atoms with Gasteiger partial charge in [0.25, 0.3) is 0 Å². The summed E-state index contributed by atoms with van der Waals surface area (Å²) in [6.45, 7) is 3.36. The van der Waals surface area contributed by atoms with Gasteiger partial charge in [0.15, 0.2) is 0 Å². The smallest absolute Gasteiger partial charge is 0.110 e. The highest BCUT2D eigenvalue weighted by Gasteiger charge is 2.54. The lowest BCUT2D eigenvalue weighted by Gasteiger charge is -2.53. The van der Waals surface area contributed by atoms with Crippen molar-refractivity contribution in [2.45, 2.75) is 31.2 Å². The van der Waals surface area contributed by atoms with Crippen molar-refractivity contribution in [3.8, 4) is 0 Å². The Bertz CT molecular complexity index is 876. The van der Waals surface area contributed by atoms with Crippen LogP contribution in [0.1, 0.15) is 37.1 Å². The van der Waals surface area contributed by atoms with Crippen molar-refractivity contribution in [3.63, 3.8) is 0 Å². The Hall–Kier alpha value is -2.44. The van der Waals surface area contributed by atoms with Gasteiger partial charge in [0.2, 0.25) is 0 Å². The predicted octanol–water partition coefficient (Wildman–Crippen LogP) is 2.94. The second-order valence-corrected chi connectivity index (χ2v) is 7.69. The van der Waals surface area contributed by atoms with Crippen LogP contribution in [0.2, 0.25) is 0 Å². The molecule has 1 aliphatic carbocycles. The minimum absolute atomic E-state index is 0.189. The Morgan fingerprint density at radius 2 is 1.64 bits per heavy atom. The summed E-state index contributed by atoms with van der Waals surface area (Å²) in [4.78, 5) is 11.9. The Morgan fingerprint density at radius 3 is 2.36 bits per heavy atom. The zero-order valence-electron chi connectivity index (χ0n) is 16.0. The fourth-order valence-electron chi connectivity index (χ4n) is 5.07. The van der Waals surface area contributed by atoms with Gasteiger partial charge in [0, 0.05) is 31.4 Å². The zero-order chi connectivity index (χ0) is 18.8. The molecule has 3 aliphatic rings. The molecule has 5 rings (SSSR count). The molecule has 6 heteroatoms. The van der Waals surface area contributed by atoms with Gasteiger partial charge in [-0.15, -0.1) is 0 Å². The van der Waals surface area contributed by atoms with Crippen LogP contribution in [0.4, 0.5) is 0 Å². The summed E-state index contributed by atoms with van der Waals surface area (Å²) in [7, 11) is 0. The molecule has 1 saturated heterocycles. The lowest BCUT2D eigenvalue weighted by Crippen LogP contribution is -2.66. The van der Waals surface area contributed by atoms with Crippen LogP contribution in [0.5, 0.6) is 0 Å². The van der Waals surface area contributed by atoms with Gasteiger partial charge in [0.1, 0.15) is 5.71 Å². The number of pyridine rings is 2. The summed E-state index contributed by atoms with van der Waals surface area (Å²) in [5, 5.41) is 9.53. The summed E-state index contributed by atoms with van der Waals surface area (Å²) < 4.78 is 5.68. The van der Waals surface area contributed by atoms with E-state index >= 15 is 0 Å². The van der Waals surface area contributed by atoms with E-state index in [0.717, 1.165) is 62.0 Å². The highest BCUT2D eigenvalue weighted by molar-refractivity contribution is 6.14. The van der Waals surface area contributed by atoms with Crippen LogP contribution in [0.15, 0.2) is 59.0 Å². The minimum atomic E-state index is -0.189. The van der Waals surface area contributed by atoms with E-state index in [1.54, 1.807) is 0 Å². The number of nitrogens with zero attached hydrogens (tertiary/aromatic N) is 5. The van der Waals surface area contributed by atoms with Crippen molar-refractivity contribution in [3.05, 3.63) is 60.2 Å². The molecule has 0 unspecified atom stereocenters. The quantitative estimate of drug-likeness (QED) is 0.827. The van der Waals surface area contributed by atoms with Crippen LogP contribution in [0.3, 0.4) is 0 Å². The van der Waals surface area contributed by atoms with E-state index in [9.17, 15) is 0 Å². The molecule has 0 amide bonds. The molecule has 144 valence electrons. The number of hydrogen-bond donors (Lipinski definition) is 0. The molecule has 1 saturated carbocycles. The van der Waals surface area contributed by atoms with Crippen LogP contribution in [0, 0.1) is 5.92 Å².